The lowest BCUT2D eigenvalue weighted by atomic mass is 10.0. The van der Waals surface area contributed by atoms with Gasteiger partial charge in [0.2, 0.25) is 0 Å². The number of nitrogens with zero attached hydrogens (tertiary/aromatic N) is 5. The second-order valence-corrected chi connectivity index (χ2v) is 8.55. The number of rotatable bonds is 7. The zero-order chi connectivity index (χ0) is 23.2. The van der Waals surface area contributed by atoms with Crippen LogP contribution in [0.5, 0.6) is 0 Å². The number of hydrogen-bond donors (Lipinski definition) is 1. The van der Waals surface area contributed by atoms with Crippen molar-refractivity contribution in [2.45, 2.75) is 25.9 Å². The van der Waals surface area contributed by atoms with Crippen LogP contribution < -0.4 is 5.43 Å². The summed E-state index contributed by atoms with van der Waals surface area (Å²) in [6, 6.07) is 17.8. The van der Waals surface area contributed by atoms with Crippen LogP contribution in [-0.4, -0.2) is 37.6 Å². The minimum atomic E-state index is -0.216. The lowest BCUT2D eigenvalue weighted by Crippen LogP contribution is -2.20. The number of nitrogens with one attached hydrogen (secondary N) is 1. The molecular weight excluding hydrogens is 432 g/mol. The van der Waals surface area contributed by atoms with Gasteiger partial charge in [0.1, 0.15) is 0 Å². The Bertz CT molecular complexity index is 1260. The van der Waals surface area contributed by atoms with E-state index in [1.807, 2.05) is 60.9 Å². The molecule has 0 unspecified atom stereocenters. The van der Waals surface area contributed by atoms with Crippen molar-refractivity contribution in [1.29, 1.82) is 0 Å². The second-order valence-electron chi connectivity index (χ2n) is 7.61. The van der Waals surface area contributed by atoms with E-state index in [2.05, 4.69) is 44.8 Å². The van der Waals surface area contributed by atoms with E-state index in [0.717, 1.165) is 27.9 Å². The summed E-state index contributed by atoms with van der Waals surface area (Å²) in [5.74, 6) is 0.631. The minimum Gasteiger partial charge on any atom is -0.272 e. The van der Waals surface area contributed by atoms with Crippen LogP contribution in [0.3, 0.4) is 0 Å². The van der Waals surface area contributed by atoms with Crippen LogP contribution >= 0.6 is 11.8 Å². The first-order valence-corrected chi connectivity index (χ1v) is 11.5. The maximum absolute atomic E-state index is 12.4. The van der Waals surface area contributed by atoms with E-state index in [1.165, 1.54) is 17.3 Å². The van der Waals surface area contributed by atoms with Crippen molar-refractivity contribution in [3.05, 3.63) is 89.2 Å². The number of aryl methyl sites for hydroxylation is 3. The fourth-order valence-electron chi connectivity index (χ4n) is 3.59. The minimum absolute atomic E-state index is 0.157. The van der Waals surface area contributed by atoms with Crippen molar-refractivity contribution in [1.82, 2.24) is 25.2 Å². The number of carbonyl (C=O) groups is 1. The number of amides is 1. The van der Waals surface area contributed by atoms with Crippen LogP contribution in [0.2, 0.25) is 0 Å². The molecule has 4 aromatic rings. The molecule has 2 aromatic heterocycles. The maximum atomic E-state index is 12.4. The van der Waals surface area contributed by atoms with Crippen molar-refractivity contribution in [2.75, 3.05) is 5.75 Å². The fourth-order valence-corrected chi connectivity index (χ4v) is 4.33. The predicted octanol–water partition coefficient (Wildman–Crippen LogP) is 4.50. The average Bonchev–Trinajstić information content (AvgIpc) is 3.24. The molecule has 0 saturated carbocycles. The highest BCUT2D eigenvalue weighted by molar-refractivity contribution is 7.99. The molecule has 1 amide bonds. The normalized spacial score (nSPS) is 11.1. The van der Waals surface area contributed by atoms with Gasteiger partial charge < -0.3 is 0 Å². The Balaban J connectivity index is 1.48. The highest BCUT2D eigenvalue weighted by atomic mass is 32.2. The predicted molar refractivity (Wildman–Crippen MR) is 132 cm³/mol. The molecule has 2 aromatic carbocycles. The number of hydrogen-bond acceptors (Lipinski definition) is 6. The number of aromatic nitrogens is 4. The summed E-state index contributed by atoms with van der Waals surface area (Å²) < 4.78 is 1.94. The molecule has 166 valence electrons. The van der Waals surface area contributed by atoms with Crippen molar-refractivity contribution >= 4 is 23.9 Å². The zero-order valence-corrected chi connectivity index (χ0v) is 19.5. The van der Waals surface area contributed by atoms with Gasteiger partial charge in [0, 0.05) is 29.2 Å². The third kappa shape index (κ3) is 5.35. The number of pyridine rings is 1. The van der Waals surface area contributed by atoms with E-state index in [1.54, 1.807) is 18.6 Å². The maximum Gasteiger partial charge on any atom is 0.250 e. The monoisotopic (exact) mass is 456 g/mol. The molecule has 1 N–H and O–H groups in total. The Morgan fingerprint density at radius 2 is 1.73 bits per heavy atom. The Morgan fingerprint density at radius 1 is 1.03 bits per heavy atom. The fraction of sp³-hybridized carbons (Fsp3) is 0.160. The highest BCUT2D eigenvalue weighted by Crippen LogP contribution is 2.27. The molecular formula is C25H24N6OS. The smallest absolute Gasteiger partial charge is 0.250 e. The Hall–Kier alpha value is -3.78. The van der Waals surface area contributed by atoms with Crippen LogP contribution in [0.1, 0.15) is 22.3 Å². The second kappa shape index (κ2) is 10.2. The van der Waals surface area contributed by atoms with E-state index >= 15 is 0 Å². The summed E-state index contributed by atoms with van der Waals surface area (Å²) in [7, 11) is 0. The van der Waals surface area contributed by atoms with Gasteiger partial charge in [0.05, 0.1) is 12.0 Å². The SMILES string of the molecule is Cc1cc(C)c(/C=N/NC(=O)CSc2nnc(-c3ccncc3)n2-c2ccccc2)c(C)c1. The van der Waals surface area contributed by atoms with Crippen molar-refractivity contribution in [3.63, 3.8) is 0 Å². The molecule has 7 nitrogen and oxygen atoms in total. The molecule has 0 atom stereocenters. The van der Waals surface area contributed by atoms with Gasteiger partial charge in [0.15, 0.2) is 11.0 Å². The molecule has 2 heterocycles. The summed E-state index contributed by atoms with van der Waals surface area (Å²) in [6.07, 6.45) is 5.13. The molecule has 0 aliphatic heterocycles. The molecule has 4 rings (SSSR count). The largest absolute Gasteiger partial charge is 0.272 e. The molecule has 0 aliphatic carbocycles. The number of carbonyl (C=O) groups excluding carboxylic acids is 1. The first-order valence-electron chi connectivity index (χ1n) is 10.5. The van der Waals surface area contributed by atoms with Crippen LogP contribution in [0, 0.1) is 20.8 Å². The molecule has 0 radical (unpaired) electrons. The first kappa shape index (κ1) is 22.4. The Morgan fingerprint density at radius 3 is 2.42 bits per heavy atom. The van der Waals surface area contributed by atoms with Gasteiger partial charge in [-0.1, -0.05) is 47.7 Å². The van der Waals surface area contributed by atoms with Crippen LogP contribution in [0.15, 0.2) is 77.2 Å². The Labute approximate surface area is 197 Å². The van der Waals surface area contributed by atoms with Crippen molar-refractivity contribution < 1.29 is 4.79 Å². The zero-order valence-electron chi connectivity index (χ0n) is 18.7. The molecule has 8 heteroatoms. The topological polar surface area (TPSA) is 85.1 Å². The molecule has 0 aliphatic rings. The lowest BCUT2D eigenvalue weighted by molar-refractivity contribution is -0.118. The number of thioether (sulfide) groups is 1. The summed E-state index contributed by atoms with van der Waals surface area (Å²) >= 11 is 1.31. The van der Waals surface area contributed by atoms with E-state index in [0.29, 0.717) is 11.0 Å². The van der Waals surface area contributed by atoms with Gasteiger partial charge in [-0.05, 0) is 56.2 Å². The van der Waals surface area contributed by atoms with E-state index in [9.17, 15) is 4.79 Å². The molecule has 33 heavy (non-hydrogen) atoms. The third-order valence-corrected chi connectivity index (χ3v) is 5.97. The number of para-hydroxylation sites is 1. The molecule has 0 spiro atoms. The number of benzene rings is 2. The molecule has 0 saturated heterocycles. The Kier molecular flexibility index (Phi) is 6.95. The van der Waals surface area contributed by atoms with Gasteiger partial charge in [-0.2, -0.15) is 5.10 Å². The van der Waals surface area contributed by atoms with Gasteiger partial charge in [-0.25, -0.2) is 5.43 Å². The van der Waals surface area contributed by atoms with Crippen LogP contribution in [0.25, 0.3) is 17.1 Å². The average molecular weight is 457 g/mol. The van der Waals surface area contributed by atoms with E-state index < -0.39 is 0 Å². The summed E-state index contributed by atoms with van der Waals surface area (Å²) in [5, 5.41) is 13.5. The quantitative estimate of drug-likeness (QED) is 0.251. The first-order chi connectivity index (χ1) is 16.0. The van der Waals surface area contributed by atoms with Crippen LogP contribution in [0.4, 0.5) is 0 Å². The van der Waals surface area contributed by atoms with E-state index in [4.69, 9.17) is 0 Å². The lowest BCUT2D eigenvalue weighted by Gasteiger charge is -2.10. The van der Waals surface area contributed by atoms with E-state index in [-0.39, 0.29) is 11.7 Å². The molecule has 0 bridgehead atoms. The number of hydrazone groups is 1. The van der Waals surface area contributed by atoms with Crippen molar-refractivity contribution in [2.24, 2.45) is 5.10 Å². The highest BCUT2D eigenvalue weighted by Gasteiger charge is 2.17. The van der Waals surface area contributed by atoms with Crippen LogP contribution in [-0.2, 0) is 4.79 Å². The third-order valence-electron chi connectivity index (χ3n) is 5.04. The summed E-state index contributed by atoms with van der Waals surface area (Å²) in [4.78, 5) is 16.5. The van der Waals surface area contributed by atoms with Gasteiger partial charge in [0.25, 0.3) is 5.91 Å². The standard InChI is InChI=1S/C25H24N6OS/c1-17-13-18(2)22(19(3)14-17)15-27-28-23(32)16-33-25-30-29-24(20-9-11-26-12-10-20)31(25)21-7-5-4-6-8-21/h4-15H,16H2,1-3H3,(H,28,32)/b27-15+. The van der Waals surface area contributed by atoms with Gasteiger partial charge in [-0.3, -0.25) is 14.3 Å². The van der Waals surface area contributed by atoms with Crippen molar-refractivity contribution in [3.8, 4) is 17.1 Å². The molecule has 0 fully saturated rings. The van der Waals surface area contributed by atoms with Gasteiger partial charge in [-0.15, -0.1) is 10.2 Å². The van der Waals surface area contributed by atoms with Gasteiger partial charge >= 0.3 is 0 Å². The summed E-state index contributed by atoms with van der Waals surface area (Å²) in [6.45, 7) is 6.14. The summed E-state index contributed by atoms with van der Waals surface area (Å²) in [5.41, 5.74) is 8.89.